The van der Waals surface area contributed by atoms with Crippen LogP contribution in [-0.2, 0) is 11.2 Å². The van der Waals surface area contributed by atoms with Gasteiger partial charge < -0.3 is 5.11 Å². The maximum absolute atomic E-state index is 13.0. The Bertz CT molecular complexity index is 755. The summed E-state index contributed by atoms with van der Waals surface area (Å²) >= 11 is 0. The van der Waals surface area contributed by atoms with Gasteiger partial charge in [0.15, 0.2) is 0 Å². The lowest BCUT2D eigenvalue weighted by Gasteiger charge is -2.12. The molecule has 1 N–H and O–H groups in total. The minimum absolute atomic E-state index is 0.171. The summed E-state index contributed by atoms with van der Waals surface area (Å²) < 4.78 is 39.0. The normalized spacial score (nSPS) is 12.5. The van der Waals surface area contributed by atoms with Crippen LogP contribution < -0.4 is 0 Å². The van der Waals surface area contributed by atoms with E-state index in [9.17, 15) is 18.0 Å². The van der Waals surface area contributed by atoms with Gasteiger partial charge >= 0.3 is 12.1 Å². The first kappa shape index (κ1) is 18.8. The lowest BCUT2D eigenvalue weighted by molar-refractivity contribution is -0.131. The van der Waals surface area contributed by atoms with Gasteiger partial charge in [-0.05, 0) is 34.6 Å². The molecule has 0 aromatic heterocycles. The predicted molar refractivity (Wildman–Crippen MR) is 92.1 cm³/mol. The SMILES string of the molecule is CC(C)Cc1ccc(-c2ccc(/C(=C/C(=O)O)C(F)(F)F)cc2)cc1. The fourth-order valence-electron chi connectivity index (χ4n) is 2.60. The number of aliphatic carboxylic acids is 1. The van der Waals surface area contributed by atoms with Crippen LogP contribution in [0.2, 0.25) is 0 Å². The van der Waals surface area contributed by atoms with Crippen LogP contribution in [0.4, 0.5) is 13.2 Å². The zero-order valence-electron chi connectivity index (χ0n) is 14.0. The fourth-order valence-corrected chi connectivity index (χ4v) is 2.60. The summed E-state index contributed by atoms with van der Waals surface area (Å²) in [5, 5.41) is 8.65. The lowest BCUT2D eigenvalue weighted by Crippen LogP contribution is -2.12. The van der Waals surface area contributed by atoms with Gasteiger partial charge in [0.1, 0.15) is 0 Å². The van der Waals surface area contributed by atoms with Gasteiger partial charge in [-0.25, -0.2) is 4.79 Å². The average molecular weight is 348 g/mol. The van der Waals surface area contributed by atoms with Crippen LogP contribution >= 0.6 is 0 Å². The Kier molecular flexibility index (Phi) is 5.67. The van der Waals surface area contributed by atoms with Gasteiger partial charge in [0, 0.05) is 6.08 Å². The third kappa shape index (κ3) is 5.21. The highest BCUT2D eigenvalue weighted by Gasteiger charge is 2.35. The number of carbonyl (C=O) groups is 1. The molecule has 5 heteroatoms. The number of alkyl halides is 3. The van der Waals surface area contributed by atoms with Crippen LogP contribution in [0.5, 0.6) is 0 Å². The minimum Gasteiger partial charge on any atom is -0.478 e. The Morgan fingerprint density at radius 3 is 1.88 bits per heavy atom. The maximum Gasteiger partial charge on any atom is 0.417 e. The molecule has 0 unspecified atom stereocenters. The number of rotatable bonds is 5. The van der Waals surface area contributed by atoms with E-state index in [4.69, 9.17) is 5.11 Å². The Morgan fingerprint density at radius 2 is 1.48 bits per heavy atom. The number of hydrogen-bond acceptors (Lipinski definition) is 1. The molecule has 0 amide bonds. The standard InChI is InChI=1S/C20H19F3O2/c1-13(2)11-14-3-5-15(6-4-14)16-7-9-17(10-8-16)18(12-19(24)25)20(21,22)23/h3-10,12-13H,11H2,1-2H3,(H,24,25)/b18-12-. The van der Waals surface area contributed by atoms with Crippen LogP contribution in [-0.4, -0.2) is 17.3 Å². The lowest BCUT2D eigenvalue weighted by atomic mass is 9.97. The molecule has 0 heterocycles. The molecule has 0 radical (unpaired) electrons. The summed E-state index contributed by atoms with van der Waals surface area (Å²) in [4.78, 5) is 10.6. The van der Waals surface area contributed by atoms with Gasteiger partial charge in [-0.2, -0.15) is 13.2 Å². The van der Waals surface area contributed by atoms with Gasteiger partial charge in [-0.1, -0.05) is 62.4 Å². The summed E-state index contributed by atoms with van der Waals surface area (Å²) in [5.74, 6) is -1.08. The van der Waals surface area contributed by atoms with E-state index in [1.165, 1.54) is 17.7 Å². The largest absolute Gasteiger partial charge is 0.478 e. The summed E-state index contributed by atoms with van der Waals surface area (Å²) in [5.41, 5.74) is 1.54. The van der Waals surface area contributed by atoms with Crippen molar-refractivity contribution in [1.29, 1.82) is 0 Å². The minimum atomic E-state index is -4.72. The second-order valence-corrected chi connectivity index (χ2v) is 6.27. The molecule has 0 aliphatic rings. The smallest absolute Gasteiger partial charge is 0.417 e. The van der Waals surface area contributed by atoms with E-state index in [0.717, 1.165) is 17.5 Å². The van der Waals surface area contributed by atoms with Gasteiger partial charge in [-0.3, -0.25) is 0 Å². The zero-order chi connectivity index (χ0) is 18.6. The third-order valence-corrected chi connectivity index (χ3v) is 3.70. The van der Waals surface area contributed by atoms with Crippen LogP contribution in [0, 0.1) is 5.92 Å². The quantitative estimate of drug-likeness (QED) is 0.716. The highest BCUT2D eigenvalue weighted by Crippen LogP contribution is 2.34. The number of halogens is 3. The Morgan fingerprint density at radius 1 is 1.00 bits per heavy atom. The highest BCUT2D eigenvalue weighted by atomic mass is 19.4. The van der Waals surface area contributed by atoms with Crippen molar-refractivity contribution in [3.8, 4) is 11.1 Å². The molecule has 25 heavy (non-hydrogen) atoms. The number of hydrogen-bond donors (Lipinski definition) is 1. The summed E-state index contributed by atoms with van der Waals surface area (Å²) in [7, 11) is 0. The Hall–Kier alpha value is -2.56. The second-order valence-electron chi connectivity index (χ2n) is 6.27. The first-order chi connectivity index (χ1) is 11.7. The van der Waals surface area contributed by atoms with Gasteiger partial charge in [0.05, 0.1) is 5.57 Å². The molecule has 0 bridgehead atoms. The van der Waals surface area contributed by atoms with E-state index in [-0.39, 0.29) is 11.6 Å². The van der Waals surface area contributed by atoms with Crippen LogP contribution in [0.15, 0.2) is 54.6 Å². The molecular formula is C20H19F3O2. The molecule has 0 saturated heterocycles. The van der Waals surface area contributed by atoms with Gasteiger partial charge in [0.2, 0.25) is 0 Å². The van der Waals surface area contributed by atoms with E-state index >= 15 is 0 Å². The van der Waals surface area contributed by atoms with E-state index in [1.807, 2.05) is 24.3 Å². The van der Waals surface area contributed by atoms with Gasteiger partial charge in [0.25, 0.3) is 0 Å². The molecule has 0 spiro atoms. The third-order valence-electron chi connectivity index (χ3n) is 3.70. The number of carboxylic acid groups (broad SMARTS) is 1. The molecule has 0 saturated carbocycles. The predicted octanol–water partition coefficient (Wildman–Crippen LogP) is 5.58. The van der Waals surface area contributed by atoms with Gasteiger partial charge in [-0.15, -0.1) is 0 Å². The van der Waals surface area contributed by atoms with Crippen molar-refractivity contribution < 1.29 is 23.1 Å². The Labute approximate surface area is 144 Å². The zero-order valence-corrected chi connectivity index (χ0v) is 14.0. The van der Waals surface area contributed by atoms with E-state index in [0.29, 0.717) is 5.92 Å². The monoisotopic (exact) mass is 348 g/mol. The molecule has 2 aromatic carbocycles. The summed E-state index contributed by atoms with van der Waals surface area (Å²) in [6.45, 7) is 4.27. The molecule has 132 valence electrons. The average Bonchev–Trinajstić information content (AvgIpc) is 2.52. The molecular weight excluding hydrogens is 329 g/mol. The molecule has 2 nitrogen and oxygen atoms in total. The van der Waals surface area contributed by atoms with Crippen molar-refractivity contribution in [2.45, 2.75) is 26.4 Å². The van der Waals surface area contributed by atoms with E-state index < -0.39 is 17.7 Å². The number of allylic oxidation sites excluding steroid dienone is 1. The highest BCUT2D eigenvalue weighted by molar-refractivity contribution is 5.91. The molecule has 2 aromatic rings. The molecule has 0 fully saturated rings. The topological polar surface area (TPSA) is 37.3 Å². The van der Waals surface area contributed by atoms with Crippen LogP contribution in [0.1, 0.15) is 25.0 Å². The summed E-state index contributed by atoms with van der Waals surface area (Å²) in [6, 6.07) is 13.6. The Balaban J connectivity index is 2.28. The molecule has 0 aliphatic heterocycles. The van der Waals surface area contributed by atoms with Crippen molar-refractivity contribution in [3.05, 3.63) is 65.7 Å². The van der Waals surface area contributed by atoms with Crippen molar-refractivity contribution in [2.24, 2.45) is 5.92 Å². The van der Waals surface area contributed by atoms with E-state index in [1.54, 1.807) is 12.1 Å². The van der Waals surface area contributed by atoms with Crippen molar-refractivity contribution >= 4 is 11.5 Å². The second kappa shape index (κ2) is 7.55. The van der Waals surface area contributed by atoms with E-state index in [2.05, 4.69) is 13.8 Å². The van der Waals surface area contributed by atoms with Crippen molar-refractivity contribution in [2.75, 3.05) is 0 Å². The number of benzene rings is 2. The maximum atomic E-state index is 13.0. The number of carboxylic acids is 1. The summed E-state index contributed by atoms with van der Waals surface area (Å²) in [6.07, 6.45) is -3.57. The first-order valence-corrected chi connectivity index (χ1v) is 7.88. The van der Waals surface area contributed by atoms with Crippen molar-refractivity contribution in [3.63, 3.8) is 0 Å². The van der Waals surface area contributed by atoms with Crippen molar-refractivity contribution in [1.82, 2.24) is 0 Å². The van der Waals surface area contributed by atoms with Crippen LogP contribution in [0.3, 0.4) is 0 Å². The fraction of sp³-hybridized carbons (Fsp3) is 0.250. The molecule has 0 atom stereocenters. The molecule has 2 rings (SSSR count). The first-order valence-electron chi connectivity index (χ1n) is 7.88. The molecule has 0 aliphatic carbocycles. The van der Waals surface area contributed by atoms with Crippen LogP contribution in [0.25, 0.3) is 16.7 Å².